The largest absolute Gasteiger partial charge is 0.388 e. The first-order valence-electron chi connectivity index (χ1n) is 5.51. The summed E-state index contributed by atoms with van der Waals surface area (Å²) in [6, 6.07) is 4.79. The molecule has 0 aliphatic carbocycles. The molecule has 0 fully saturated rings. The number of aliphatic hydroxyl groups excluding tert-OH is 1. The van der Waals surface area contributed by atoms with Gasteiger partial charge in [0.15, 0.2) is 0 Å². The predicted molar refractivity (Wildman–Crippen MR) is 61.8 cm³/mol. The van der Waals surface area contributed by atoms with E-state index >= 15 is 0 Å². The van der Waals surface area contributed by atoms with Crippen molar-refractivity contribution in [1.29, 1.82) is 0 Å². The molecule has 1 N–H and O–H groups in total. The summed E-state index contributed by atoms with van der Waals surface area (Å²) in [6.45, 7) is 3.81. The molecule has 2 unspecified atom stereocenters. The van der Waals surface area contributed by atoms with Crippen LogP contribution in [0.3, 0.4) is 0 Å². The van der Waals surface area contributed by atoms with Crippen molar-refractivity contribution in [2.75, 3.05) is 7.11 Å². The van der Waals surface area contributed by atoms with Gasteiger partial charge in [-0.25, -0.2) is 4.39 Å². The van der Waals surface area contributed by atoms with Gasteiger partial charge in [-0.1, -0.05) is 17.7 Å². The van der Waals surface area contributed by atoms with Gasteiger partial charge in [0.25, 0.3) is 0 Å². The molecule has 90 valence electrons. The Morgan fingerprint density at radius 3 is 2.69 bits per heavy atom. The fourth-order valence-corrected chi connectivity index (χ4v) is 1.58. The van der Waals surface area contributed by atoms with Gasteiger partial charge in [0.05, 0.1) is 12.2 Å². The second-order valence-corrected chi connectivity index (χ2v) is 4.16. The van der Waals surface area contributed by atoms with Crippen LogP contribution >= 0.6 is 0 Å². The van der Waals surface area contributed by atoms with E-state index in [9.17, 15) is 9.50 Å². The van der Waals surface area contributed by atoms with Crippen molar-refractivity contribution in [3.63, 3.8) is 0 Å². The van der Waals surface area contributed by atoms with Gasteiger partial charge < -0.3 is 9.84 Å². The van der Waals surface area contributed by atoms with Gasteiger partial charge in [0.2, 0.25) is 0 Å². The summed E-state index contributed by atoms with van der Waals surface area (Å²) >= 11 is 0. The molecule has 1 rings (SSSR count). The second kappa shape index (κ2) is 5.97. The third kappa shape index (κ3) is 3.58. The van der Waals surface area contributed by atoms with Crippen LogP contribution in [0.4, 0.5) is 4.39 Å². The van der Waals surface area contributed by atoms with Gasteiger partial charge in [-0.05, 0) is 32.8 Å². The Hall–Kier alpha value is -0.930. The molecule has 0 aromatic heterocycles. The Bertz CT molecular complexity index is 339. The van der Waals surface area contributed by atoms with Crippen LogP contribution < -0.4 is 0 Å². The number of methoxy groups -OCH3 is 1. The Kier molecular flexibility index (Phi) is 4.90. The first-order valence-corrected chi connectivity index (χ1v) is 5.51. The number of halogens is 1. The Balaban J connectivity index is 2.65. The standard InChI is InChI=1S/C13H19FO2/c1-9-4-6-12(14)11(8-9)13(15)7-5-10(2)16-3/h4,6,8,10,13,15H,5,7H2,1-3H3. The molecule has 0 radical (unpaired) electrons. The number of hydrogen-bond acceptors (Lipinski definition) is 2. The van der Waals surface area contributed by atoms with Gasteiger partial charge >= 0.3 is 0 Å². The molecule has 1 aromatic rings. The Morgan fingerprint density at radius 2 is 2.06 bits per heavy atom. The van der Waals surface area contributed by atoms with Crippen molar-refractivity contribution in [1.82, 2.24) is 0 Å². The molecular formula is C13H19FO2. The third-order valence-electron chi connectivity index (χ3n) is 2.76. The molecule has 2 atom stereocenters. The lowest BCUT2D eigenvalue weighted by Crippen LogP contribution is -2.08. The summed E-state index contributed by atoms with van der Waals surface area (Å²) in [4.78, 5) is 0. The maximum atomic E-state index is 13.4. The van der Waals surface area contributed by atoms with E-state index in [2.05, 4.69) is 0 Å². The van der Waals surface area contributed by atoms with E-state index in [0.29, 0.717) is 18.4 Å². The zero-order valence-electron chi connectivity index (χ0n) is 10.0. The molecule has 16 heavy (non-hydrogen) atoms. The van der Waals surface area contributed by atoms with E-state index in [1.54, 1.807) is 19.2 Å². The number of aryl methyl sites for hydroxylation is 1. The number of aliphatic hydroxyl groups is 1. The molecule has 0 amide bonds. The summed E-state index contributed by atoms with van der Waals surface area (Å²) in [5.74, 6) is -0.344. The van der Waals surface area contributed by atoms with Gasteiger partial charge in [-0.2, -0.15) is 0 Å². The van der Waals surface area contributed by atoms with Crippen LogP contribution in [0.5, 0.6) is 0 Å². The lowest BCUT2D eigenvalue weighted by Gasteiger charge is -2.15. The Labute approximate surface area is 96.1 Å². The molecule has 3 heteroatoms. The van der Waals surface area contributed by atoms with E-state index in [0.717, 1.165) is 5.56 Å². The fraction of sp³-hybridized carbons (Fsp3) is 0.538. The minimum Gasteiger partial charge on any atom is -0.388 e. The van der Waals surface area contributed by atoms with Gasteiger partial charge in [0, 0.05) is 12.7 Å². The van der Waals surface area contributed by atoms with Crippen molar-refractivity contribution in [2.45, 2.75) is 38.9 Å². The van der Waals surface area contributed by atoms with Crippen LogP contribution in [-0.2, 0) is 4.74 Å². The molecule has 0 saturated heterocycles. The Morgan fingerprint density at radius 1 is 1.38 bits per heavy atom. The van der Waals surface area contributed by atoms with E-state index in [4.69, 9.17) is 4.74 Å². The van der Waals surface area contributed by atoms with E-state index in [-0.39, 0.29) is 11.9 Å². The van der Waals surface area contributed by atoms with E-state index < -0.39 is 6.10 Å². The highest BCUT2D eigenvalue weighted by atomic mass is 19.1. The van der Waals surface area contributed by atoms with Crippen molar-refractivity contribution in [3.8, 4) is 0 Å². The summed E-state index contributed by atoms with van der Waals surface area (Å²) < 4.78 is 18.5. The number of benzene rings is 1. The van der Waals surface area contributed by atoms with E-state index in [1.165, 1.54) is 6.07 Å². The minimum absolute atomic E-state index is 0.0857. The molecule has 0 saturated carbocycles. The van der Waals surface area contributed by atoms with Crippen molar-refractivity contribution < 1.29 is 14.2 Å². The quantitative estimate of drug-likeness (QED) is 0.836. The maximum Gasteiger partial charge on any atom is 0.129 e. The molecule has 1 aromatic carbocycles. The lowest BCUT2D eigenvalue weighted by atomic mass is 10.0. The van der Waals surface area contributed by atoms with Crippen LogP contribution in [-0.4, -0.2) is 18.3 Å². The first-order chi connectivity index (χ1) is 7.54. The molecule has 0 bridgehead atoms. The molecule has 0 aliphatic heterocycles. The molecule has 0 aliphatic rings. The van der Waals surface area contributed by atoms with Crippen LogP contribution in [0.1, 0.15) is 37.0 Å². The van der Waals surface area contributed by atoms with Gasteiger partial charge in [-0.15, -0.1) is 0 Å². The summed E-state index contributed by atoms with van der Waals surface area (Å²) in [5, 5.41) is 9.87. The monoisotopic (exact) mass is 226 g/mol. The molecule has 2 nitrogen and oxygen atoms in total. The zero-order valence-corrected chi connectivity index (χ0v) is 10.0. The zero-order chi connectivity index (χ0) is 12.1. The molecule has 0 spiro atoms. The highest BCUT2D eigenvalue weighted by Crippen LogP contribution is 2.23. The summed E-state index contributed by atoms with van der Waals surface area (Å²) in [6.07, 6.45) is 0.556. The van der Waals surface area contributed by atoms with Crippen molar-refractivity contribution in [3.05, 3.63) is 35.1 Å². The van der Waals surface area contributed by atoms with Gasteiger partial charge in [0.1, 0.15) is 5.82 Å². The van der Waals surface area contributed by atoms with Gasteiger partial charge in [-0.3, -0.25) is 0 Å². The van der Waals surface area contributed by atoms with Crippen molar-refractivity contribution in [2.24, 2.45) is 0 Å². The molecule has 0 heterocycles. The number of ether oxygens (including phenoxy) is 1. The maximum absolute atomic E-state index is 13.4. The minimum atomic E-state index is -0.752. The average Bonchev–Trinajstić information content (AvgIpc) is 2.28. The smallest absolute Gasteiger partial charge is 0.129 e. The fourth-order valence-electron chi connectivity index (χ4n) is 1.58. The van der Waals surface area contributed by atoms with Crippen LogP contribution in [0.2, 0.25) is 0 Å². The van der Waals surface area contributed by atoms with Crippen LogP contribution in [0, 0.1) is 12.7 Å². The summed E-state index contributed by atoms with van der Waals surface area (Å²) in [7, 11) is 1.63. The SMILES string of the molecule is COC(C)CCC(O)c1cc(C)ccc1F. The third-order valence-corrected chi connectivity index (χ3v) is 2.76. The lowest BCUT2D eigenvalue weighted by molar-refractivity contribution is 0.0840. The normalized spacial score (nSPS) is 14.8. The highest BCUT2D eigenvalue weighted by Gasteiger charge is 2.14. The first kappa shape index (κ1) is 13.1. The second-order valence-electron chi connectivity index (χ2n) is 4.16. The predicted octanol–water partition coefficient (Wildman–Crippen LogP) is 2.98. The van der Waals surface area contributed by atoms with Crippen molar-refractivity contribution >= 4 is 0 Å². The number of rotatable bonds is 5. The number of hydrogen-bond donors (Lipinski definition) is 1. The summed E-state index contributed by atoms with van der Waals surface area (Å²) in [5.41, 5.74) is 1.33. The molecular weight excluding hydrogens is 207 g/mol. The topological polar surface area (TPSA) is 29.5 Å². The van der Waals surface area contributed by atoms with E-state index in [1.807, 2.05) is 13.8 Å². The average molecular weight is 226 g/mol. The van der Waals surface area contributed by atoms with Crippen LogP contribution in [0.15, 0.2) is 18.2 Å². The highest BCUT2D eigenvalue weighted by molar-refractivity contribution is 5.25. The van der Waals surface area contributed by atoms with Crippen LogP contribution in [0.25, 0.3) is 0 Å².